The van der Waals surface area contributed by atoms with Crippen molar-refractivity contribution in [1.82, 2.24) is 19.9 Å². The number of rotatable bonds is 4. The minimum atomic E-state index is -0.280. The summed E-state index contributed by atoms with van der Waals surface area (Å²) < 4.78 is 0. The molecule has 6 heteroatoms. The summed E-state index contributed by atoms with van der Waals surface area (Å²) in [5.41, 5.74) is 4.42. The zero-order valence-electron chi connectivity index (χ0n) is 15.0. The largest absolute Gasteiger partial charge is 0.492 e. The van der Waals surface area contributed by atoms with Gasteiger partial charge in [0, 0.05) is 47.0 Å². The van der Waals surface area contributed by atoms with Crippen LogP contribution in [-0.2, 0) is 12.8 Å². The van der Waals surface area contributed by atoms with Gasteiger partial charge in [-0.3, -0.25) is 4.79 Å². The highest BCUT2D eigenvalue weighted by Gasteiger charge is 2.14. The normalized spacial score (nSPS) is 11.4. The molecule has 0 aliphatic rings. The zero-order chi connectivity index (χ0) is 19.1. The standard InChI is InChI=1S/C22H18N4O2/c27-21-19(9-13-11-23-17-7-3-1-5-15(13)17)25-22(28)20(26-21)10-14-12-24-18-8-4-2-6-16(14)18/h1-8,11-12,23-24H,9-10H2,(H,25,28)(H,26,27). The van der Waals surface area contributed by atoms with Crippen molar-refractivity contribution in [2.24, 2.45) is 0 Å². The van der Waals surface area contributed by atoms with Crippen LogP contribution in [-0.4, -0.2) is 25.0 Å². The quantitative estimate of drug-likeness (QED) is 0.389. The Morgan fingerprint density at radius 2 is 1.39 bits per heavy atom. The molecule has 0 aliphatic carbocycles. The molecule has 0 atom stereocenters. The SMILES string of the molecule is O=c1[nH]c(Cc2c[nH]c3ccccc23)c(O)nc1Cc1c[nH]c2ccccc12. The van der Waals surface area contributed by atoms with Gasteiger partial charge in [0.05, 0.1) is 5.69 Å². The molecule has 2 aromatic carbocycles. The topological polar surface area (TPSA) is 97.6 Å². The Morgan fingerprint density at radius 3 is 2.04 bits per heavy atom. The molecule has 0 unspecified atom stereocenters. The van der Waals surface area contributed by atoms with Crippen LogP contribution >= 0.6 is 0 Å². The van der Waals surface area contributed by atoms with E-state index in [1.807, 2.05) is 60.9 Å². The highest BCUT2D eigenvalue weighted by molar-refractivity contribution is 5.84. The second-order valence-electron chi connectivity index (χ2n) is 6.89. The van der Waals surface area contributed by atoms with E-state index in [9.17, 15) is 9.90 Å². The van der Waals surface area contributed by atoms with Crippen LogP contribution in [0.5, 0.6) is 5.88 Å². The van der Waals surface area contributed by atoms with Gasteiger partial charge in [0.15, 0.2) is 0 Å². The zero-order valence-corrected chi connectivity index (χ0v) is 15.0. The van der Waals surface area contributed by atoms with Crippen molar-refractivity contribution in [3.8, 4) is 5.88 Å². The fourth-order valence-electron chi connectivity index (χ4n) is 3.68. The first-order valence-electron chi connectivity index (χ1n) is 9.10. The maximum atomic E-state index is 12.6. The average molecular weight is 370 g/mol. The summed E-state index contributed by atoms with van der Waals surface area (Å²) in [6, 6.07) is 15.8. The molecule has 0 amide bonds. The molecule has 6 nitrogen and oxygen atoms in total. The molecule has 28 heavy (non-hydrogen) atoms. The Morgan fingerprint density at radius 1 is 0.821 bits per heavy atom. The van der Waals surface area contributed by atoms with Gasteiger partial charge in [0.25, 0.3) is 5.56 Å². The molecule has 0 saturated carbocycles. The average Bonchev–Trinajstić information content (AvgIpc) is 3.30. The molecule has 0 saturated heterocycles. The lowest BCUT2D eigenvalue weighted by atomic mass is 10.1. The van der Waals surface area contributed by atoms with Gasteiger partial charge in [0.1, 0.15) is 5.69 Å². The maximum Gasteiger partial charge on any atom is 0.270 e. The predicted octanol–water partition coefficient (Wildman–Crippen LogP) is 3.62. The molecule has 0 radical (unpaired) electrons. The van der Waals surface area contributed by atoms with Gasteiger partial charge in [0.2, 0.25) is 5.88 Å². The molecule has 3 heterocycles. The molecule has 0 spiro atoms. The van der Waals surface area contributed by atoms with Crippen molar-refractivity contribution in [3.05, 3.63) is 93.8 Å². The molecule has 138 valence electrons. The van der Waals surface area contributed by atoms with E-state index in [2.05, 4.69) is 19.9 Å². The number of aromatic amines is 3. The molecule has 5 rings (SSSR count). The minimum Gasteiger partial charge on any atom is -0.492 e. The van der Waals surface area contributed by atoms with Crippen molar-refractivity contribution in [3.63, 3.8) is 0 Å². The maximum absolute atomic E-state index is 12.6. The second-order valence-corrected chi connectivity index (χ2v) is 6.89. The van der Waals surface area contributed by atoms with Crippen LogP contribution in [0.3, 0.4) is 0 Å². The van der Waals surface area contributed by atoms with Crippen molar-refractivity contribution in [1.29, 1.82) is 0 Å². The number of benzene rings is 2. The van der Waals surface area contributed by atoms with E-state index in [1.54, 1.807) is 0 Å². The summed E-state index contributed by atoms with van der Waals surface area (Å²) in [4.78, 5) is 26.0. The number of aromatic hydroxyl groups is 1. The van der Waals surface area contributed by atoms with Crippen molar-refractivity contribution in [2.75, 3.05) is 0 Å². The summed E-state index contributed by atoms with van der Waals surface area (Å²) in [7, 11) is 0. The van der Waals surface area contributed by atoms with E-state index >= 15 is 0 Å². The monoisotopic (exact) mass is 370 g/mol. The first kappa shape index (κ1) is 16.4. The van der Waals surface area contributed by atoms with Crippen LogP contribution in [0.15, 0.2) is 65.7 Å². The van der Waals surface area contributed by atoms with Crippen molar-refractivity contribution in [2.45, 2.75) is 12.8 Å². The number of hydrogen-bond donors (Lipinski definition) is 4. The fourth-order valence-corrected chi connectivity index (χ4v) is 3.68. The number of H-pyrrole nitrogens is 3. The lowest BCUT2D eigenvalue weighted by Crippen LogP contribution is -2.18. The molecule has 4 N–H and O–H groups in total. The van der Waals surface area contributed by atoms with E-state index in [4.69, 9.17) is 0 Å². The van der Waals surface area contributed by atoms with E-state index in [0.717, 1.165) is 32.9 Å². The Balaban J connectivity index is 1.48. The first-order chi connectivity index (χ1) is 13.7. The van der Waals surface area contributed by atoms with E-state index in [0.29, 0.717) is 24.2 Å². The third-order valence-electron chi connectivity index (χ3n) is 5.11. The summed E-state index contributed by atoms with van der Waals surface area (Å²) in [5.74, 6) is -0.139. The molecule has 0 aliphatic heterocycles. The molecular formula is C22H18N4O2. The highest BCUT2D eigenvalue weighted by atomic mass is 16.3. The number of fused-ring (bicyclic) bond motifs is 2. The van der Waals surface area contributed by atoms with Gasteiger partial charge in [-0.15, -0.1) is 0 Å². The van der Waals surface area contributed by atoms with Gasteiger partial charge in [-0.25, -0.2) is 4.98 Å². The molecule has 3 aromatic heterocycles. The summed E-state index contributed by atoms with van der Waals surface area (Å²) in [6.45, 7) is 0. The van der Waals surface area contributed by atoms with Gasteiger partial charge in [-0.2, -0.15) is 0 Å². The van der Waals surface area contributed by atoms with Gasteiger partial charge in [-0.05, 0) is 23.3 Å². The third kappa shape index (κ3) is 2.75. The lowest BCUT2D eigenvalue weighted by molar-refractivity contribution is 0.440. The van der Waals surface area contributed by atoms with E-state index < -0.39 is 0 Å². The predicted molar refractivity (Wildman–Crippen MR) is 109 cm³/mol. The van der Waals surface area contributed by atoms with Crippen LogP contribution in [0.4, 0.5) is 0 Å². The van der Waals surface area contributed by atoms with Crippen LogP contribution in [0, 0.1) is 0 Å². The van der Waals surface area contributed by atoms with Crippen LogP contribution in [0.2, 0.25) is 0 Å². The minimum absolute atomic E-state index is 0.139. The van der Waals surface area contributed by atoms with E-state index in [1.165, 1.54) is 0 Å². The van der Waals surface area contributed by atoms with E-state index in [-0.39, 0.29) is 11.4 Å². The summed E-state index contributed by atoms with van der Waals surface area (Å²) in [5, 5.41) is 12.5. The van der Waals surface area contributed by atoms with Crippen LogP contribution in [0.25, 0.3) is 21.8 Å². The lowest BCUT2D eigenvalue weighted by Gasteiger charge is -2.06. The van der Waals surface area contributed by atoms with Crippen molar-refractivity contribution >= 4 is 21.8 Å². The Bertz CT molecular complexity index is 1360. The van der Waals surface area contributed by atoms with Gasteiger partial charge < -0.3 is 20.1 Å². The second kappa shape index (κ2) is 6.42. The van der Waals surface area contributed by atoms with Crippen LogP contribution < -0.4 is 5.56 Å². The molecule has 0 bridgehead atoms. The fraction of sp³-hybridized carbons (Fsp3) is 0.0909. The molecule has 0 fully saturated rings. The first-order valence-corrected chi connectivity index (χ1v) is 9.10. The number of nitrogens with zero attached hydrogens (tertiary/aromatic N) is 1. The Labute approximate surface area is 159 Å². The highest BCUT2D eigenvalue weighted by Crippen LogP contribution is 2.23. The Kier molecular flexibility index (Phi) is 3.76. The number of nitrogens with one attached hydrogen (secondary N) is 3. The molecular weight excluding hydrogens is 352 g/mol. The smallest absolute Gasteiger partial charge is 0.270 e. The number of aromatic nitrogens is 4. The Hall–Kier alpha value is -3.80. The number of hydrogen-bond acceptors (Lipinski definition) is 3. The number of para-hydroxylation sites is 2. The molecule has 5 aromatic rings. The van der Waals surface area contributed by atoms with Gasteiger partial charge >= 0.3 is 0 Å². The van der Waals surface area contributed by atoms with Gasteiger partial charge in [-0.1, -0.05) is 36.4 Å². The summed E-state index contributed by atoms with van der Waals surface area (Å²) >= 11 is 0. The van der Waals surface area contributed by atoms with Crippen molar-refractivity contribution < 1.29 is 5.11 Å². The van der Waals surface area contributed by atoms with Crippen LogP contribution in [0.1, 0.15) is 22.5 Å². The summed E-state index contributed by atoms with van der Waals surface area (Å²) in [6.07, 6.45) is 4.51. The third-order valence-corrected chi connectivity index (χ3v) is 5.11.